The quantitative estimate of drug-likeness (QED) is 0.915. The standard InChI is InChI=1S/C18H15NO4/c1-22-14-3-5-15(6-4-14)23-17-7-2-12(10-16(17)18(20)21)13-8-9-19-11-13/h2-8,10-11H,9H2,1H3,(H,20,21). The summed E-state index contributed by atoms with van der Waals surface area (Å²) in [5.41, 5.74) is 1.84. The van der Waals surface area contributed by atoms with E-state index < -0.39 is 5.97 Å². The summed E-state index contributed by atoms with van der Waals surface area (Å²) in [7, 11) is 1.58. The summed E-state index contributed by atoms with van der Waals surface area (Å²) in [6.45, 7) is 0.627. The predicted molar refractivity (Wildman–Crippen MR) is 87.8 cm³/mol. The SMILES string of the molecule is COc1ccc(Oc2ccc(C3=CCN=C3)cc2C(=O)O)cc1. The smallest absolute Gasteiger partial charge is 0.339 e. The Labute approximate surface area is 133 Å². The van der Waals surface area contributed by atoms with E-state index in [4.69, 9.17) is 9.47 Å². The van der Waals surface area contributed by atoms with Crippen molar-refractivity contribution in [3.63, 3.8) is 0 Å². The summed E-state index contributed by atoms with van der Waals surface area (Å²) < 4.78 is 10.8. The van der Waals surface area contributed by atoms with Crippen LogP contribution in [0, 0.1) is 0 Å². The first-order valence-corrected chi connectivity index (χ1v) is 7.07. The van der Waals surface area contributed by atoms with Crippen molar-refractivity contribution < 1.29 is 19.4 Å². The summed E-state index contributed by atoms with van der Waals surface area (Å²) in [6, 6.07) is 12.1. The van der Waals surface area contributed by atoms with Gasteiger partial charge in [0.25, 0.3) is 0 Å². The second-order valence-electron chi connectivity index (χ2n) is 4.95. The molecule has 0 aliphatic carbocycles. The molecular weight excluding hydrogens is 294 g/mol. The third kappa shape index (κ3) is 3.23. The zero-order valence-electron chi connectivity index (χ0n) is 12.5. The van der Waals surface area contributed by atoms with Gasteiger partial charge in [0.2, 0.25) is 0 Å². The lowest BCUT2D eigenvalue weighted by molar-refractivity contribution is 0.0694. The number of nitrogens with zero attached hydrogens (tertiary/aromatic N) is 1. The Morgan fingerprint density at radius 1 is 1.13 bits per heavy atom. The maximum atomic E-state index is 11.5. The van der Waals surface area contributed by atoms with E-state index in [1.54, 1.807) is 49.7 Å². The van der Waals surface area contributed by atoms with Gasteiger partial charge in [0, 0.05) is 6.21 Å². The number of carbonyl (C=O) groups is 1. The molecule has 1 N–H and O–H groups in total. The van der Waals surface area contributed by atoms with Crippen molar-refractivity contribution in [3.8, 4) is 17.2 Å². The highest BCUT2D eigenvalue weighted by atomic mass is 16.5. The number of aromatic carboxylic acids is 1. The molecule has 5 nitrogen and oxygen atoms in total. The van der Waals surface area contributed by atoms with E-state index in [-0.39, 0.29) is 5.56 Å². The minimum atomic E-state index is -1.04. The van der Waals surface area contributed by atoms with Crippen LogP contribution in [0.3, 0.4) is 0 Å². The Bertz CT molecular complexity index is 791. The van der Waals surface area contributed by atoms with Crippen molar-refractivity contribution in [2.24, 2.45) is 4.99 Å². The molecule has 0 bridgehead atoms. The number of aliphatic imine (C=N–C) groups is 1. The fraction of sp³-hybridized carbons (Fsp3) is 0.111. The van der Waals surface area contributed by atoms with Gasteiger partial charge >= 0.3 is 5.97 Å². The molecule has 0 saturated carbocycles. The van der Waals surface area contributed by atoms with E-state index in [0.29, 0.717) is 23.8 Å². The van der Waals surface area contributed by atoms with Gasteiger partial charge in [-0.3, -0.25) is 4.99 Å². The summed E-state index contributed by atoms with van der Waals surface area (Å²) in [4.78, 5) is 15.6. The zero-order chi connectivity index (χ0) is 16.2. The van der Waals surface area contributed by atoms with Gasteiger partial charge in [0.1, 0.15) is 22.8 Å². The average Bonchev–Trinajstić information content (AvgIpc) is 3.10. The minimum Gasteiger partial charge on any atom is -0.497 e. The van der Waals surface area contributed by atoms with E-state index in [0.717, 1.165) is 11.1 Å². The second kappa shape index (κ2) is 6.36. The first kappa shape index (κ1) is 14.8. The molecule has 0 amide bonds. The molecule has 5 heteroatoms. The highest BCUT2D eigenvalue weighted by molar-refractivity contribution is 6.12. The molecule has 0 unspecified atom stereocenters. The number of benzene rings is 2. The van der Waals surface area contributed by atoms with Crippen molar-refractivity contribution >= 4 is 17.8 Å². The third-order valence-electron chi connectivity index (χ3n) is 3.48. The molecule has 116 valence electrons. The first-order valence-electron chi connectivity index (χ1n) is 7.07. The van der Waals surface area contributed by atoms with E-state index in [1.165, 1.54) is 0 Å². The maximum absolute atomic E-state index is 11.5. The van der Waals surface area contributed by atoms with Gasteiger partial charge in [-0.25, -0.2) is 4.79 Å². The van der Waals surface area contributed by atoms with Crippen molar-refractivity contribution in [3.05, 3.63) is 59.7 Å². The van der Waals surface area contributed by atoms with Crippen LogP contribution in [0.2, 0.25) is 0 Å². The van der Waals surface area contributed by atoms with Crippen LogP contribution < -0.4 is 9.47 Å². The molecule has 2 aromatic carbocycles. The van der Waals surface area contributed by atoms with E-state index >= 15 is 0 Å². The Hall–Kier alpha value is -3.08. The van der Waals surface area contributed by atoms with Crippen molar-refractivity contribution in [1.82, 2.24) is 0 Å². The van der Waals surface area contributed by atoms with Gasteiger partial charge in [0.15, 0.2) is 0 Å². The number of hydrogen-bond acceptors (Lipinski definition) is 4. The number of rotatable bonds is 5. The van der Waals surface area contributed by atoms with Gasteiger partial charge in [-0.2, -0.15) is 0 Å². The first-order chi connectivity index (χ1) is 11.2. The molecule has 0 spiro atoms. The highest BCUT2D eigenvalue weighted by Crippen LogP contribution is 2.29. The van der Waals surface area contributed by atoms with E-state index in [2.05, 4.69) is 4.99 Å². The summed E-state index contributed by atoms with van der Waals surface area (Å²) in [5, 5.41) is 9.44. The van der Waals surface area contributed by atoms with Crippen molar-refractivity contribution in [2.45, 2.75) is 0 Å². The second-order valence-corrected chi connectivity index (χ2v) is 4.95. The van der Waals surface area contributed by atoms with Crippen LogP contribution >= 0.6 is 0 Å². The van der Waals surface area contributed by atoms with Crippen LogP contribution in [0.15, 0.2) is 53.5 Å². The minimum absolute atomic E-state index is 0.111. The molecule has 0 saturated heterocycles. The fourth-order valence-corrected chi connectivity index (χ4v) is 2.28. The van der Waals surface area contributed by atoms with Crippen LogP contribution in [-0.4, -0.2) is 30.9 Å². The lowest BCUT2D eigenvalue weighted by Gasteiger charge is -2.11. The van der Waals surface area contributed by atoms with Crippen LogP contribution in [-0.2, 0) is 0 Å². The molecule has 3 rings (SSSR count). The normalized spacial score (nSPS) is 12.8. The number of carboxylic acid groups (broad SMARTS) is 1. The van der Waals surface area contributed by atoms with E-state index in [1.807, 2.05) is 12.1 Å². The van der Waals surface area contributed by atoms with Gasteiger partial charge < -0.3 is 14.6 Å². The number of carboxylic acids is 1. The monoisotopic (exact) mass is 309 g/mol. The average molecular weight is 309 g/mol. The third-order valence-corrected chi connectivity index (χ3v) is 3.48. The maximum Gasteiger partial charge on any atom is 0.339 e. The van der Waals surface area contributed by atoms with Gasteiger partial charge in [-0.15, -0.1) is 0 Å². The lowest BCUT2D eigenvalue weighted by atomic mass is 10.0. The van der Waals surface area contributed by atoms with Gasteiger partial charge in [-0.05, 0) is 47.5 Å². The van der Waals surface area contributed by atoms with Crippen molar-refractivity contribution in [1.29, 1.82) is 0 Å². The number of hydrogen-bond donors (Lipinski definition) is 1. The molecule has 0 aromatic heterocycles. The summed E-state index contributed by atoms with van der Waals surface area (Å²) in [6.07, 6.45) is 3.69. The molecule has 0 atom stereocenters. The van der Waals surface area contributed by atoms with Crippen LogP contribution in [0.25, 0.3) is 5.57 Å². The Balaban J connectivity index is 1.91. The Kier molecular flexibility index (Phi) is 4.10. The lowest BCUT2D eigenvalue weighted by Crippen LogP contribution is -2.01. The molecule has 1 aliphatic rings. The molecular formula is C18H15NO4. The molecule has 1 aliphatic heterocycles. The van der Waals surface area contributed by atoms with Crippen LogP contribution in [0.4, 0.5) is 0 Å². The molecule has 0 radical (unpaired) electrons. The molecule has 1 heterocycles. The fourth-order valence-electron chi connectivity index (χ4n) is 2.28. The predicted octanol–water partition coefficient (Wildman–Crippen LogP) is 3.65. The van der Waals surface area contributed by atoms with Crippen LogP contribution in [0.1, 0.15) is 15.9 Å². The molecule has 23 heavy (non-hydrogen) atoms. The van der Waals surface area contributed by atoms with Crippen molar-refractivity contribution in [2.75, 3.05) is 13.7 Å². The van der Waals surface area contributed by atoms with E-state index in [9.17, 15) is 9.90 Å². The number of ether oxygens (including phenoxy) is 2. The Morgan fingerprint density at radius 2 is 1.87 bits per heavy atom. The summed E-state index contributed by atoms with van der Waals surface area (Å²) in [5.74, 6) is 0.508. The van der Waals surface area contributed by atoms with Gasteiger partial charge in [0.05, 0.1) is 13.7 Å². The number of methoxy groups -OCH3 is 1. The largest absolute Gasteiger partial charge is 0.497 e. The Morgan fingerprint density at radius 3 is 2.48 bits per heavy atom. The molecule has 2 aromatic rings. The topological polar surface area (TPSA) is 68.1 Å². The highest BCUT2D eigenvalue weighted by Gasteiger charge is 2.15. The molecule has 0 fully saturated rings. The zero-order valence-corrected chi connectivity index (χ0v) is 12.5. The van der Waals surface area contributed by atoms with Crippen LogP contribution in [0.5, 0.6) is 17.2 Å². The van der Waals surface area contributed by atoms with Gasteiger partial charge in [-0.1, -0.05) is 12.1 Å². The summed E-state index contributed by atoms with van der Waals surface area (Å²) >= 11 is 0. The number of allylic oxidation sites excluding steroid dienone is 1.